The number of carbonyl (C=O) groups excluding carboxylic acids is 2. The number of benzene rings is 2. The molecular weight excluding hydrogens is 392 g/mol. The highest BCUT2D eigenvalue weighted by atomic mass is 32.2. The summed E-state index contributed by atoms with van der Waals surface area (Å²) < 4.78 is 0.801. The van der Waals surface area contributed by atoms with Gasteiger partial charge in [-0.3, -0.25) is 14.9 Å². The highest BCUT2D eigenvalue weighted by Crippen LogP contribution is 2.29. The maximum atomic E-state index is 12.6. The monoisotopic (exact) mass is 410 g/mol. The Bertz CT molecular complexity index is 991. The zero-order chi connectivity index (χ0) is 19.3. The number of nitrogens with zero attached hydrogens (tertiary/aromatic N) is 3. The van der Waals surface area contributed by atoms with Gasteiger partial charge in [-0.25, -0.2) is 0 Å². The van der Waals surface area contributed by atoms with Crippen LogP contribution in [0.4, 0.5) is 10.8 Å². The van der Waals surface area contributed by atoms with Crippen molar-refractivity contribution in [3.05, 3.63) is 65.7 Å². The minimum atomic E-state index is -0.260. The molecule has 6 nitrogen and oxygen atoms in total. The summed E-state index contributed by atoms with van der Waals surface area (Å²) >= 11 is 2.94. The molecule has 4 rings (SSSR count). The third-order valence-electron chi connectivity index (χ3n) is 4.33. The van der Waals surface area contributed by atoms with Gasteiger partial charge >= 0.3 is 0 Å². The number of rotatable bonds is 6. The van der Waals surface area contributed by atoms with E-state index in [1.165, 1.54) is 16.9 Å². The van der Waals surface area contributed by atoms with Crippen LogP contribution < -0.4 is 10.2 Å². The number of amides is 2. The maximum absolute atomic E-state index is 12.6. The molecule has 1 aliphatic rings. The fraction of sp³-hybridized carbons (Fsp3) is 0.200. The second-order valence-corrected chi connectivity index (χ2v) is 8.50. The number of hydrogen-bond donors (Lipinski definition) is 1. The van der Waals surface area contributed by atoms with Gasteiger partial charge in [-0.1, -0.05) is 59.5 Å². The van der Waals surface area contributed by atoms with Gasteiger partial charge in [0.1, 0.15) is 0 Å². The summed E-state index contributed by atoms with van der Waals surface area (Å²) in [7, 11) is 0. The van der Waals surface area contributed by atoms with Crippen molar-refractivity contribution in [1.29, 1.82) is 0 Å². The molecule has 1 saturated heterocycles. The molecule has 1 aromatic heterocycles. The Hall–Kier alpha value is -2.71. The molecule has 3 aromatic rings. The summed E-state index contributed by atoms with van der Waals surface area (Å²) in [4.78, 5) is 26.2. The van der Waals surface area contributed by atoms with E-state index >= 15 is 0 Å². The van der Waals surface area contributed by atoms with Crippen molar-refractivity contribution >= 4 is 45.7 Å². The molecule has 8 heteroatoms. The predicted molar refractivity (Wildman–Crippen MR) is 112 cm³/mol. The van der Waals surface area contributed by atoms with Gasteiger partial charge in [-0.05, 0) is 30.2 Å². The second kappa shape index (κ2) is 8.53. The van der Waals surface area contributed by atoms with E-state index in [4.69, 9.17) is 0 Å². The van der Waals surface area contributed by atoms with E-state index < -0.39 is 0 Å². The average Bonchev–Trinajstić information content (AvgIpc) is 3.36. The molecule has 2 aromatic carbocycles. The molecule has 0 radical (unpaired) electrons. The second-order valence-electron chi connectivity index (χ2n) is 6.30. The Morgan fingerprint density at radius 3 is 2.79 bits per heavy atom. The number of carbonyl (C=O) groups is 2. The lowest BCUT2D eigenvalue weighted by molar-refractivity contribution is -0.117. The number of anilines is 2. The van der Waals surface area contributed by atoms with Crippen molar-refractivity contribution in [2.24, 2.45) is 0 Å². The van der Waals surface area contributed by atoms with E-state index in [1.807, 2.05) is 24.3 Å². The van der Waals surface area contributed by atoms with E-state index in [0.717, 1.165) is 22.2 Å². The summed E-state index contributed by atoms with van der Waals surface area (Å²) in [5.74, 6) is 0.640. The molecule has 0 spiro atoms. The van der Waals surface area contributed by atoms with Crippen LogP contribution in [-0.2, 0) is 10.5 Å². The van der Waals surface area contributed by atoms with Gasteiger partial charge in [0.2, 0.25) is 11.0 Å². The summed E-state index contributed by atoms with van der Waals surface area (Å²) in [6, 6.07) is 17.2. The SMILES string of the molecule is O=C(Nc1nnc(SCc2ccccc2)s1)c1cccc(N2CCCC2=O)c1. The van der Waals surface area contributed by atoms with Crippen molar-refractivity contribution < 1.29 is 9.59 Å². The van der Waals surface area contributed by atoms with E-state index in [1.54, 1.807) is 34.9 Å². The molecule has 2 amide bonds. The van der Waals surface area contributed by atoms with E-state index in [0.29, 0.717) is 23.7 Å². The topological polar surface area (TPSA) is 75.2 Å². The molecule has 1 N–H and O–H groups in total. The summed E-state index contributed by atoms with van der Waals surface area (Å²) in [6.45, 7) is 0.697. The molecule has 0 unspecified atom stereocenters. The van der Waals surface area contributed by atoms with Crippen LogP contribution in [-0.4, -0.2) is 28.6 Å². The van der Waals surface area contributed by atoms with Crippen LogP contribution in [0.15, 0.2) is 58.9 Å². The molecule has 0 saturated carbocycles. The summed E-state index contributed by atoms with van der Waals surface area (Å²) in [5.41, 5.74) is 2.46. The number of nitrogens with one attached hydrogen (secondary N) is 1. The minimum Gasteiger partial charge on any atom is -0.312 e. The van der Waals surface area contributed by atoms with Crippen LogP contribution in [0.2, 0.25) is 0 Å². The molecule has 0 atom stereocenters. The van der Waals surface area contributed by atoms with Crippen LogP contribution in [0.5, 0.6) is 0 Å². The fourth-order valence-electron chi connectivity index (χ4n) is 2.94. The van der Waals surface area contributed by atoms with E-state index in [-0.39, 0.29) is 11.8 Å². The van der Waals surface area contributed by atoms with Crippen LogP contribution in [0.1, 0.15) is 28.8 Å². The Morgan fingerprint density at radius 2 is 2.00 bits per heavy atom. The lowest BCUT2D eigenvalue weighted by Gasteiger charge is -2.16. The van der Waals surface area contributed by atoms with Gasteiger partial charge in [0.15, 0.2) is 4.34 Å². The van der Waals surface area contributed by atoms with E-state index in [9.17, 15) is 9.59 Å². The first-order valence-corrected chi connectivity index (χ1v) is 10.7. The Morgan fingerprint density at radius 1 is 1.14 bits per heavy atom. The summed E-state index contributed by atoms with van der Waals surface area (Å²) in [6.07, 6.45) is 1.41. The fourth-order valence-corrected chi connectivity index (χ4v) is 4.65. The quantitative estimate of drug-likeness (QED) is 0.487. The van der Waals surface area contributed by atoms with Crippen molar-refractivity contribution in [3.63, 3.8) is 0 Å². The van der Waals surface area contributed by atoms with Gasteiger partial charge in [-0.15, -0.1) is 10.2 Å². The standard InChI is InChI=1S/C20H18N4O2S2/c25-17-10-5-11-24(17)16-9-4-8-15(12-16)18(26)21-19-22-23-20(28-19)27-13-14-6-2-1-3-7-14/h1-4,6-9,12H,5,10-11,13H2,(H,21,22,26). The Balaban J connectivity index is 1.39. The largest absolute Gasteiger partial charge is 0.312 e. The molecule has 0 bridgehead atoms. The van der Waals surface area contributed by atoms with Gasteiger partial charge in [0.25, 0.3) is 5.91 Å². The number of aromatic nitrogens is 2. The van der Waals surface area contributed by atoms with Crippen LogP contribution in [0, 0.1) is 0 Å². The predicted octanol–water partition coefficient (Wildman–Crippen LogP) is 4.21. The first-order valence-electron chi connectivity index (χ1n) is 8.91. The molecular formula is C20H18N4O2S2. The number of hydrogen-bond acceptors (Lipinski definition) is 6. The van der Waals surface area contributed by atoms with Gasteiger partial charge in [0, 0.05) is 30.0 Å². The molecule has 28 heavy (non-hydrogen) atoms. The zero-order valence-corrected chi connectivity index (χ0v) is 16.6. The minimum absolute atomic E-state index is 0.0989. The van der Waals surface area contributed by atoms with Gasteiger partial charge in [0.05, 0.1) is 0 Å². The molecule has 142 valence electrons. The van der Waals surface area contributed by atoms with Crippen molar-refractivity contribution in [2.75, 3.05) is 16.8 Å². The first kappa shape index (κ1) is 18.6. The van der Waals surface area contributed by atoms with Crippen LogP contribution >= 0.6 is 23.1 Å². The normalized spacial score (nSPS) is 13.7. The lowest BCUT2D eigenvalue weighted by atomic mass is 10.2. The van der Waals surface area contributed by atoms with E-state index in [2.05, 4.69) is 27.6 Å². The molecule has 1 aliphatic heterocycles. The van der Waals surface area contributed by atoms with Crippen LogP contribution in [0.25, 0.3) is 0 Å². The van der Waals surface area contributed by atoms with Crippen LogP contribution in [0.3, 0.4) is 0 Å². The van der Waals surface area contributed by atoms with Crippen molar-refractivity contribution in [1.82, 2.24) is 10.2 Å². The number of thioether (sulfide) groups is 1. The smallest absolute Gasteiger partial charge is 0.257 e. The molecule has 2 heterocycles. The first-order chi connectivity index (χ1) is 13.7. The Kier molecular flexibility index (Phi) is 5.68. The van der Waals surface area contributed by atoms with Crippen molar-refractivity contribution in [3.8, 4) is 0 Å². The highest BCUT2D eigenvalue weighted by molar-refractivity contribution is 8.00. The maximum Gasteiger partial charge on any atom is 0.257 e. The lowest BCUT2D eigenvalue weighted by Crippen LogP contribution is -2.24. The molecule has 0 aliphatic carbocycles. The zero-order valence-electron chi connectivity index (χ0n) is 15.0. The summed E-state index contributed by atoms with van der Waals surface area (Å²) in [5, 5.41) is 11.4. The average molecular weight is 411 g/mol. The third kappa shape index (κ3) is 4.40. The molecule has 1 fully saturated rings. The van der Waals surface area contributed by atoms with Gasteiger partial charge < -0.3 is 4.90 Å². The third-order valence-corrected chi connectivity index (χ3v) is 6.37. The van der Waals surface area contributed by atoms with Gasteiger partial charge in [-0.2, -0.15) is 0 Å². The Labute approximate surface area is 171 Å². The highest BCUT2D eigenvalue weighted by Gasteiger charge is 2.22. The van der Waals surface area contributed by atoms with Crippen molar-refractivity contribution in [2.45, 2.75) is 22.9 Å².